The van der Waals surface area contributed by atoms with Crippen LogP contribution in [0.1, 0.15) is 0 Å². The number of para-hydroxylation sites is 1. The van der Waals surface area contributed by atoms with E-state index in [4.69, 9.17) is 5.11 Å². The predicted octanol–water partition coefficient (Wildman–Crippen LogP) is 0.225. The minimum atomic E-state index is -1.81. The topological polar surface area (TPSA) is 102 Å². The van der Waals surface area contributed by atoms with Crippen LogP contribution in [0.4, 0.5) is 5.69 Å². The van der Waals surface area contributed by atoms with Crippen molar-refractivity contribution in [1.29, 1.82) is 0 Å². The SMILES string of the molecule is COC(OC(=O)C(=O)Nc1ccccc1)C(=O)O. The van der Waals surface area contributed by atoms with Crippen molar-refractivity contribution in [2.24, 2.45) is 0 Å². The standard InChI is InChI=1S/C11H11NO6/c1-17-11(9(14)15)18-10(16)8(13)12-7-5-3-2-4-6-7/h2-6,11H,1H3,(H,12,13)(H,14,15). The van der Waals surface area contributed by atoms with Gasteiger partial charge in [-0.2, -0.15) is 0 Å². The third-order valence-corrected chi connectivity index (χ3v) is 1.85. The first-order chi connectivity index (χ1) is 8.54. The van der Waals surface area contributed by atoms with Crippen molar-refractivity contribution in [3.05, 3.63) is 30.3 Å². The van der Waals surface area contributed by atoms with Crippen LogP contribution >= 0.6 is 0 Å². The van der Waals surface area contributed by atoms with E-state index in [1.54, 1.807) is 30.3 Å². The average Bonchev–Trinajstić information content (AvgIpc) is 2.36. The largest absolute Gasteiger partial charge is 0.477 e. The van der Waals surface area contributed by atoms with E-state index in [9.17, 15) is 14.4 Å². The molecule has 0 fully saturated rings. The van der Waals surface area contributed by atoms with Crippen molar-refractivity contribution in [2.75, 3.05) is 12.4 Å². The number of aliphatic carboxylic acids is 1. The number of ether oxygens (including phenoxy) is 2. The van der Waals surface area contributed by atoms with Gasteiger partial charge in [0.25, 0.3) is 0 Å². The van der Waals surface area contributed by atoms with Gasteiger partial charge in [-0.1, -0.05) is 18.2 Å². The zero-order valence-corrected chi connectivity index (χ0v) is 9.45. The molecule has 1 atom stereocenters. The van der Waals surface area contributed by atoms with Crippen LogP contribution in [-0.2, 0) is 23.9 Å². The molecule has 1 unspecified atom stereocenters. The predicted molar refractivity (Wildman–Crippen MR) is 59.6 cm³/mol. The van der Waals surface area contributed by atoms with Gasteiger partial charge in [0.2, 0.25) is 0 Å². The number of carboxylic acid groups (broad SMARTS) is 1. The normalized spacial score (nSPS) is 11.4. The summed E-state index contributed by atoms with van der Waals surface area (Å²) in [6.07, 6.45) is -1.81. The third-order valence-electron chi connectivity index (χ3n) is 1.85. The Morgan fingerprint density at radius 2 is 1.83 bits per heavy atom. The number of anilines is 1. The molecule has 0 saturated heterocycles. The van der Waals surface area contributed by atoms with Gasteiger partial charge >= 0.3 is 24.1 Å². The molecule has 0 spiro atoms. The molecule has 7 heteroatoms. The van der Waals surface area contributed by atoms with Crippen LogP contribution in [0.15, 0.2) is 30.3 Å². The number of rotatable bonds is 4. The van der Waals surface area contributed by atoms with Crippen LogP contribution in [0.3, 0.4) is 0 Å². The first-order valence-corrected chi connectivity index (χ1v) is 4.87. The number of carbonyl (C=O) groups excluding carboxylic acids is 2. The summed E-state index contributed by atoms with van der Waals surface area (Å²) in [4.78, 5) is 33.1. The van der Waals surface area contributed by atoms with E-state index in [1.807, 2.05) is 0 Å². The lowest BCUT2D eigenvalue weighted by Gasteiger charge is -2.11. The Bertz CT molecular complexity index is 444. The zero-order chi connectivity index (χ0) is 13.5. The Morgan fingerprint density at radius 1 is 1.22 bits per heavy atom. The number of benzene rings is 1. The van der Waals surface area contributed by atoms with Crippen molar-refractivity contribution in [2.45, 2.75) is 6.29 Å². The molecule has 1 aromatic rings. The molecule has 2 N–H and O–H groups in total. The highest BCUT2D eigenvalue weighted by molar-refractivity contribution is 6.37. The number of nitrogens with one attached hydrogen (secondary N) is 1. The van der Waals surface area contributed by atoms with Crippen molar-refractivity contribution in [1.82, 2.24) is 0 Å². The molecule has 0 saturated carbocycles. The highest BCUT2D eigenvalue weighted by Gasteiger charge is 2.25. The summed E-state index contributed by atoms with van der Waals surface area (Å²) in [5.74, 6) is -3.92. The van der Waals surface area contributed by atoms with E-state index in [2.05, 4.69) is 14.8 Å². The van der Waals surface area contributed by atoms with Crippen LogP contribution in [-0.4, -0.2) is 36.4 Å². The molecule has 0 aliphatic heterocycles. The molecule has 96 valence electrons. The number of methoxy groups -OCH3 is 1. The summed E-state index contributed by atoms with van der Waals surface area (Å²) < 4.78 is 8.68. The molecule has 0 heterocycles. The fraction of sp³-hybridized carbons (Fsp3) is 0.182. The number of carbonyl (C=O) groups is 3. The Balaban J connectivity index is 2.57. The molecule has 0 aliphatic carbocycles. The van der Waals surface area contributed by atoms with E-state index in [-0.39, 0.29) is 0 Å². The van der Waals surface area contributed by atoms with E-state index in [0.29, 0.717) is 5.69 Å². The van der Waals surface area contributed by atoms with Crippen LogP contribution in [0.25, 0.3) is 0 Å². The van der Waals surface area contributed by atoms with Gasteiger partial charge in [0.05, 0.1) is 0 Å². The van der Waals surface area contributed by atoms with Gasteiger partial charge in [-0.3, -0.25) is 4.79 Å². The second kappa shape index (κ2) is 6.36. The summed E-state index contributed by atoms with van der Waals surface area (Å²) in [5.41, 5.74) is 0.392. The Labute approximate surface area is 102 Å². The summed E-state index contributed by atoms with van der Waals surface area (Å²) in [6, 6.07) is 8.19. The van der Waals surface area contributed by atoms with E-state index >= 15 is 0 Å². The van der Waals surface area contributed by atoms with Gasteiger partial charge in [0, 0.05) is 12.8 Å². The van der Waals surface area contributed by atoms with E-state index in [0.717, 1.165) is 7.11 Å². The Morgan fingerprint density at radius 3 is 2.33 bits per heavy atom. The highest BCUT2D eigenvalue weighted by atomic mass is 16.7. The van der Waals surface area contributed by atoms with Crippen molar-refractivity contribution in [3.8, 4) is 0 Å². The maximum Gasteiger partial charge on any atom is 0.399 e. The molecule has 0 radical (unpaired) electrons. The summed E-state index contributed by atoms with van der Waals surface area (Å²) in [5, 5.41) is 10.8. The Hall–Kier alpha value is -2.41. The van der Waals surface area contributed by atoms with Gasteiger partial charge in [0.1, 0.15) is 0 Å². The van der Waals surface area contributed by atoms with Crippen LogP contribution in [0.2, 0.25) is 0 Å². The summed E-state index contributed by atoms with van der Waals surface area (Å²) >= 11 is 0. The van der Waals surface area contributed by atoms with Crippen molar-refractivity contribution in [3.63, 3.8) is 0 Å². The maximum absolute atomic E-state index is 11.4. The minimum absolute atomic E-state index is 0.392. The monoisotopic (exact) mass is 253 g/mol. The molecule has 1 amide bonds. The number of amides is 1. The minimum Gasteiger partial charge on any atom is -0.477 e. The van der Waals surface area contributed by atoms with Crippen molar-refractivity contribution < 1.29 is 29.0 Å². The van der Waals surface area contributed by atoms with Crippen molar-refractivity contribution >= 4 is 23.5 Å². The van der Waals surface area contributed by atoms with E-state index in [1.165, 1.54) is 0 Å². The Kier molecular flexibility index (Phi) is 4.82. The lowest BCUT2D eigenvalue weighted by Crippen LogP contribution is -2.34. The van der Waals surface area contributed by atoms with Gasteiger partial charge < -0.3 is 19.9 Å². The molecule has 0 aromatic heterocycles. The lowest BCUT2D eigenvalue weighted by molar-refractivity contribution is -0.192. The summed E-state index contributed by atoms with van der Waals surface area (Å²) in [6.45, 7) is 0. The van der Waals surface area contributed by atoms with Crippen LogP contribution in [0.5, 0.6) is 0 Å². The molecule has 1 rings (SSSR count). The number of esters is 1. The quantitative estimate of drug-likeness (QED) is 0.452. The first-order valence-electron chi connectivity index (χ1n) is 4.87. The van der Waals surface area contributed by atoms with Gasteiger partial charge in [0.15, 0.2) is 0 Å². The van der Waals surface area contributed by atoms with Gasteiger partial charge in [-0.05, 0) is 12.1 Å². The number of carboxylic acids is 1. The average molecular weight is 253 g/mol. The fourth-order valence-corrected chi connectivity index (χ4v) is 1.05. The molecular weight excluding hydrogens is 242 g/mol. The molecule has 7 nitrogen and oxygen atoms in total. The molecule has 0 aliphatic rings. The second-order valence-corrected chi connectivity index (χ2v) is 3.13. The van der Waals surface area contributed by atoms with Gasteiger partial charge in [-0.15, -0.1) is 0 Å². The number of hydrogen-bond donors (Lipinski definition) is 2. The van der Waals surface area contributed by atoms with Crippen LogP contribution < -0.4 is 5.32 Å². The number of hydrogen-bond acceptors (Lipinski definition) is 5. The zero-order valence-electron chi connectivity index (χ0n) is 9.45. The smallest absolute Gasteiger partial charge is 0.399 e. The maximum atomic E-state index is 11.4. The first kappa shape index (κ1) is 13.7. The second-order valence-electron chi connectivity index (χ2n) is 3.13. The highest BCUT2D eigenvalue weighted by Crippen LogP contribution is 2.05. The third kappa shape index (κ3) is 3.87. The molecule has 18 heavy (non-hydrogen) atoms. The molecular formula is C11H11NO6. The molecule has 0 bridgehead atoms. The molecule has 1 aromatic carbocycles. The van der Waals surface area contributed by atoms with E-state index < -0.39 is 24.1 Å². The van der Waals surface area contributed by atoms with Crippen LogP contribution in [0, 0.1) is 0 Å². The fourth-order valence-electron chi connectivity index (χ4n) is 1.05. The van der Waals surface area contributed by atoms with Gasteiger partial charge in [-0.25, -0.2) is 9.59 Å². The lowest BCUT2D eigenvalue weighted by atomic mass is 10.3. The summed E-state index contributed by atoms with van der Waals surface area (Å²) in [7, 11) is 1.04.